The Morgan fingerprint density at radius 1 is 1.33 bits per heavy atom. The lowest BCUT2D eigenvalue weighted by atomic mass is 10.2. The van der Waals surface area contributed by atoms with Crippen LogP contribution in [0.5, 0.6) is 5.88 Å². The quantitative estimate of drug-likeness (QED) is 0.758. The third-order valence-corrected chi connectivity index (χ3v) is 3.63. The molecule has 2 heterocycles. The number of nitrogens with zero attached hydrogens (tertiary/aromatic N) is 5. The first-order valence-corrected chi connectivity index (χ1v) is 6.85. The number of benzene rings is 1. The van der Waals surface area contributed by atoms with Gasteiger partial charge in [0.1, 0.15) is 6.61 Å². The van der Waals surface area contributed by atoms with Gasteiger partial charge in [-0.3, -0.25) is 0 Å². The molecular formula is C12H11BrN6O2. The van der Waals surface area contributed by atoms with Crippen LogP contribution in [0.4, 0.5) is 0 Å². The highest BCUT2D eigenvalue weighted by molar-refractivity contribution is 9.10. The molecule has 0 radical (unpaired) electrons. The molecule has 3 rings (SSSR count). The van der Waals surface area contributed by atoms with Gasteiger partial charge in [0.2, 0.25) is 5.88 Å². The van der Waals surface area contributed by atoms with Crippen LogP contribution in [0.2, 0.25) is 0 Å². The van der Waals surface area contributed by atoms with Crippen LogP contribution in [0.15, 0.2) is 39.7 Å². The van der Waals surface area contributed by atoms with Crippen molar-refractivity contribution in [1.29, 1.82) is 0 Å². The summed E-state index contributed by atoms with van der Waals surface area (Å²) in [5, 5.41) is 14.1. The van der Waals surface area contributed by atoms with Crippen molar-refractivity contribution < 1.29 is 4.74 Å². The Hall–Kier alpha value is -2.42. The Bertz CT molecular complexity index is 808. The molecule has 0 aliphatic carbocycles. The van der Waals surface area contributed by atoms with Gasteiger partial charge in [-0.15, -0.1) is 0 Å². The Kier molecular flexibility index (Phi) is 3.57. The fourth-order valence-corrected chi connectivity index (χ4v) is 2.30. The van der Waals surface area contributed by atoms with Crippen LogP contribution in [0.25, 0.3) is 5.69 Å². The van der Waals surface area contributed by atoms with Crippen molar-refractivity contribution >= 4 is 15.9 Å². The van der Waals surface area contributed by atoms with Gasteiger partial charge in [-0.2, -0.15) is 14.5 Å². The molecular weight excluding hydrogens is 340 g/mol. The summed E-state index contributed by atoms with van der Waals surface area (Å²) < 4.78 is 8.82. The molecule has 2 aromatic heterocycles. The zero-order chi connectivity index (χ0) is 14.8. The first-order valence-electron chi connectivity index (χ1n) is 6.06. The minimum atomic E-state index is -0.323. The van der Waals surface area contributed by atoms with Crippen LogP contribution >= 0.6 is 15.9 Å². The highest BCUT2D eigenvalue weighted by Gasteiger charge is 2.14. The monoisotopic (exact) mass is 350 g/mol. The molecule has 0 saturated heterocycles. The fraction of sp³-hybridized carbons (Fsp3) is 0.167. The summed E-state index contributed by atoms with van der Waals surface area (Å²) in [4.78, 5) is 12.0. The lowest BCUT2D eigenvalue weighted by Crippen LogP contribution is -2.23. The van der Waals surface area contributed by atoms with E-state index in [1.807, 2.05) is 12.1 Å². The molecule has 8 nitrogen and oxygen atoms in total. The minimum absolute atomic E-state index is 0.252. The topological polar surface area (TPSA) is 90.6 Å². The van der Waals surface area contributed by atoms with Crippen molar-refractivity contribution in [1.82, 2.24) is 30.0 Å². The molecule has 0 unspecified atom stereocenters. The molecule has 0 spiro atoms. The number of aromatic nitrogens is 6. The van der Waals surface area contributed by atoms with E-state index in [1.165, 1.54) is 9.36 Å². The second-order valence-corrected chi connectivity index (χ2v) is 5.10. The van der Waals surface area contributed by atoms with Crippen LogP contribution in [-0.2, 0) is 13.7 Å². The molecule has 21 heavy (non-hydrogen) atoms. The van der Waals surface area contributed by atoms with Crippen molar-refractivity contribution in [2.24, 2.45) is 7.05 Å². The normalized spacial score (nSPS) is 10.8. The van der Waals surface area contributed by atoms with Crippen LogP contribution in [-0.4, -0.2) is 30.0 Å². The molecule has 0 atom stereocenters. The summed E-state index contributed by atoms with van der Waals surface area (Å²) >= 11 is 3.46. The second-order valence-electron chi connectivity index (χ2n) is 4.24. The Morgan fingerprint density at radius 2 is 2.19 bits per heavy atom. The number of nitrogens with one attached hydrogen (secondary N) is 1. The van der Waals surface area contributed by atoms with Gasteiger partial charge in [-0.1, -0.05) is 22.0 Å². The Balaban J connectivity index is 1.99. The van der Waals surface area contributed by atoms with Crippen LogP contribution in [0.3, 0.4) is 0 Å². The summed E-state index contributed by atoms with van der Waals surface area (Å²) in [6.45, 7) is 0.252. The van der Waals surface area contributed by atoms with Gasteiger partial charge < -0.3 is 4.74 Å². The first-order chi connectivity index (χ1) is 10.2. The smallest absolute Gasteiger partial charge is 0.368 e. The maximum absolute atomic E-state index is 12.0. The predicted molar refractivity (Wildman–Crippen MR) is 77.2 cm³/mol. The van der Waals surface area contributed by atoms with Gasteiger partial charge in [0.05, 0.1) is 11.9 Å². The fourth-order valence-electron chi connectivity index (χ4n) is 1.83. The summed E-state index contributed by atoms with van der Waals surface area (Å²) in [6, 6.07) is 7.19. The number of rotatable bonds is 4. The first kappa shape index (κ1) is 13.6. The highest BCUT2D eigenvalue weighted by atomic mass is 79.9. The Labute approximate surface area is 127 Å². The SMILES string of the molecule is Cn1nnn(-c2cccc(Br)c2COc2ccn[nH]2)c1=O. The van der Waals surface area contributed by atoms with E-state index < -0.39 is 0 Å². The van der Waals surface area contributed by atoms with E-state index in [9.17, 15) is 4.79 Å². The summed E-state index contributed by atoms with van der Waals surface area (Å²) in [5.74, 6) is 0.545. The predicted octanol–water partition coefficient (Wildman–Crippen LogP) is 1.03. The van der Waals surface area contributed by atoms with Crippen LogP contribution in [0.1, 0.15) is 5.56 Å². The molecule has 3 aromatic rings. The third-order valence-electron chi connectivity index (χ3n) is 2.89. The molecule has 0 aliphatic heterocycles. The Morgan fingerprint density at radius 3 is 2.86 bits per heavy atom. The zero-order valence-electron chi connectivity index (χ0n) is 11.0. The number of H-pyrrole nitrogens is 1. The number of hydrogen-bond donors (Lipinski definition) is 1. The molecule has 0 fully saturated rings. The van der Waals surface area contributed by atoms with E-state index in [0.29, 0.717) is 11.6 Å². The number of hydrogen-bond acceptors (Lipinski definition) is 5. The van der Waals surface area contributed by atoms with E-state index in [-0.39, 0.29) is 12.3 Å². The third kappa shape index (κ3) is 2.59. The van der Waals surface area contributed by atoms with Gasteiger partial charge in [-0.05, 0) is 22.6 Å². The molecule has 0 aliphatic rings. The summed E-state index contributed by atoms with van der Waals surface area (Å²) in [6.07, 6.45) is 1.60. The number of tetrazole rings is 1. The minimum Gasteiger partial charge on any atom is -0.473 e. The van der Waals surface area contributed by atoms with Crippen molar-refractivity contribution in [2.45, 2.75) is 6.61 Å². The van der Waals surface area contributed by atoms with Crippen LogP contribution < -0.4 is 10.4 Å². The van der Waals surface area contributed by atoms with Crippen LogP contribution in [0, 0.1) is 0 Å². The van der Waals surface area contributed by atoms with Gasteiger partial charge >= 0.3 is 5.69 Å². The lowest BCUT2D eigenvalue weighted by Gasteiger charge is -2.10. The molecule has 108 valence electrons. The number of aryl methyl sites for hydroxylation is 1. The number of halogens is 1. The van der Waals surface area contributed by atoms with E-state index in [1.54, 1.807) is 25.4 Å². The van der Waals surface area contributed by atoms with Crippen molar-refractivity contribution in [2.75, 3.05) is 0 Å². The van der Waals surface area contributed by atoms with Gasteiger partial charge in [-0.25, -0.2) is 9.89 Å². The zero-order valence-corrected chi connectivity index (χ0v) is 12.6. The van der Waals surface area contributed by atoms with Gasteiger partial charge in [0, 0.05) is 23.2 Å². The number of aromatic amines is 1. The molecule has 9 heteroatoms. The van der Waals surface area contributed by atoms with Crippen molar-refractivity contribution in [3.05, 3.63) is 51.0 Å². The highest BCUT2D eigenvalue weighted by Crippen LogP contribution is 2.24. The second kappa shape index (κ2) is 5.52. The standard InChI is InChI=1S/C12H11BrN6O2/c1-18-12(20)19(17-16-18)10-4-2-3-9(13)8(10)7-21-11-5-6-14-15-11/h2-6H,7H2,1H3,(H,14,15). The van der Waals surface area contributed by atoms with E-state index in [0.717, 1.165) is 10.0 Å². The maximum Gasteiger partial charge on any atom is 0.368 e. The summed E-state index contributed by atoms with van der Waals surface area (Å²) in [5.41, 5.74) is 1.08. The van der Waals surface area contributed by atoms with E-state index in [2.05, 4.69) is 36.6 Å². The molecule has 0 saturated carbocycles. The van der Waals surface area contributed by atoms with Gasteiger partial charge in [0.25, 0.3) is 0 Å². The summed E-state index contributed by atoms with van der Waals surface area (Å²) in [7, 11) is 1.55. The van der Waals surface area contributed by atoms with E-state index in [4.69, 9.17) is 4.74 Å². The maximum atomic E-state index is 12.0. The van der Waals surface area contributed by atoms with Gasteiger partial charge in [0.15, 0.2) is 0 Å². The van der Waals surface area contributed by atoms with E-state index >= 15 is 0 Å². The lowest BCUT2D eigenvalue weighted by molar-refractivity contribution is 0.292. The average molecular weight is 351 g/mol. The molecule has 1 aromatic carbocycles. The largest absolute Gasteiger partial charge is 0.473 e. The molecule has 0 amide bonds. The van der Waals surface area contributed by atoms with Crippen molar-refractivity contribution in [3.63, 3.8) is 0 Å². The number of ether oxygens (including phenoxy) is 1. The molecule has 0 bridgehead atoms. The average Bonchev–Trinajstić information content (AvgIpc) is 3.09. The molecule has 1 N–H and O–H groups in total. The van der Waals surface area contributed by atoms with Crippen molar-refractivity contribution in [3.8, 4) is 11.6 Å².